The third kappa shape index (κ3) is 7.60. The third-order valence-electron chi connectivity index (χ3n) is 1.90. The van der Waals surface area contributed by atoms with E-state index in [2.05, 4.69) is 6.08 Å². The van der Waals surface area contributed by atoms with Gasteiger partial charge >= 0.3 is 0 Å². The quantitative estimate of drug-likeness (QED) is 0.605. The predicted molar refractivity (Wildman–Crippen MR) is 52.6 cm³/mol. The van der Waals surface area contributed by atoms with Gasteiger partial charge in [0.15, 0.2) is 0 Å². The maximum absolute atomic E-state index is 9.61. The zero-order valence-corrected chi connectivity index (χ0v) is 11.8. The number of hydrogen-bond donors (Lipinski definition) is 1. The molecule has 0 bridgehead atoms. The maximum atomic E-state index is 9.61. The fourth-order valence-corrected chi connectivity index (χ4v) is 1.05. The first kappa shape index (κ1) is 16.0. The molecule has 2 heteroatoms. The van der Waals surface area contributed by atoms with Crippen molar-refractivity contribution in [2.75, 3.05) is 0 Å². The summed E-state index contributed by atoms with van der Waals surface area (Å²) in [5.41, 5.74) is 0. The van der Waals surface area contributed by atoms with Crippen molar-refractivity contribution in [3.05, 3.63) is 24.3 Å². The molecular weight excluding hydrogens is 237 g/mol. The van der Waals surface area contributed by atoms with E-state index in [0.717, 1.165) is 0 Å². The molecule has 0 aliphatic carbocycles. The molecule has 1 nitrogen and oxygen atoms in total. The van der Waals surface area contributed by atoms with E-state index in [-0.39, 0.29) is 44.7 Å². The Hall–Kier alpha value is 0.544. The van der Waals surface area contributed by atoms with Crippen molar-refractivity contribution in [3.8, 4) is 0 Å². The van der Waals surface area contributed by atoms with E-state index >= 15 is 0 Å². The Labute approximate surface area is 107 Å². The molecule has 0 aliphatic heterocycles. The molecule has 73 valence electrons. The van der Waals surface area contributed by atoms with Gasteiger partial charge in [0.1, 0.15) is 0 Å². The summed E-state index contributed by atoms with van der Waals surface area (Å²) in [7, 11) is 0. The van der Waals surface area contributed by atoms with Gasteiger partial charge < -0.3 is 5.11 Å². The van der Waals surface area contributed by atoms with Gasteiger partial charge in [-0.1, -0.05) is 20.8 Å². The molecule has 0 amide bonds. The molecule has 0 rings (SSSR count). The minimum Gasteiger partial charge on any atom is -0.392 e. The van der Waals surface area contributed by atoms with Crippen LogP contribution in [-0.4, -0.2) is 11.2 Å². The van der Waals surface area contributed by atoms with Crippen LogP contribution in [0.1, 0.15) is 27.7 Å². The van der Waals surface area contributed by atoms with Crippen molar-refractivity contribution in [3.63, 3.8) is 0 Å². The number of rotatable bonds is 4. The molecule has 0 heterocycles. The summed E-state index contributed by atoms with van der Waals surface area (Å²) in [5, 5.41) is 9.61. The van der Waals surface area contributed by atoms with E-state index in [9.17, 15) is 5.11 Å². The summed E-state index contributed by atoms with van der Waals surface area (Å²) in [4.78, 5) is 0. The van der Waals surface area contributed by atoms with E-state index in [1.165, 1.54) is 0 Å². The second-order valence-corrected chi connectivity index (χ2v) is 3.43. The minimum absolute atomic E-state index is 0. The second-order valence-electron chi connectivity index (χ2n) is 3.43. The molecule has 1 N–H and O–H groups in total. The summed E-state index contributed by atoms with van der Waals surface area (Å²) >= 11 is 0. The summed E-state index contributed by atoms with van der Waals surface area (Å²) in [6.45, 7) is 7.92. The van der Waals surface area contributed by atoms with Gasteiger partial charge in [0.2, 0.25) is 0 Å². The Bertz CT molecular complexity index is 161. The van der Waals surface area contributed by atoms with Crippen LogP contribution in [0.4, 0.5) is 0 Å². The zero-order chi connectivity index (χ0) is 9.56. The van der Waals surface area contributed by atoms with Crippen molar-refractivity contribution in [1.82, 2.24) is 0 Å². The van der Waals surface area contributed by atoms with Crippen LogP contribution in [0, 0.1) is 17.9 Å². The Morgan fingerprint density at radius 1 is 1.23 bits per heavy atom. The van der Waals surface area contributed by atoms with Crippen molar-refractivity contribution < 1.29 is 37.8 Å². The Kier molecular flexibility index (Phi) is 11.2. The average Bonchev–Trinajstić information content (AvgIpc) is 2.03. The van der Waals surface area contributed by atoms with Gasteiger partial charge in [0.25, 0.3) is 0 Å². The third-order valence-corrected chi connectivity index (χ3v) is 1.90. The van der Waals surface area contributed by atoms with Crippen molar-refractivity contribution in [2.45, 2.75) is 33.8 Å². The predicted octanol–water partition coefficient (Wildman–Crippen LogP) is 2.57. The Morgan fingerprint density at radius 3 is 2.15 bits per heavy atom. The smallest absolute Gasteiger partial charge is 0.0608 e. The Balaban J connectivity index is 0. The first-order valence-electron chi connectivity index (χ1n) is 4.45. The average molecular weight is 256 g/mol. The number of aliphatic hydroxyl groups is 1. The van der Waals surface area contributed by atoms with E-state index in [1.54, 1.807) is 0 Å². The van der Waals surface area contributed by atoms with E-state index < -0.39 is 0 Å². The molecule has 0 aromatic rings. The zero-order valence-electron chi connectivity index (χ0n) is 8.99. The largest absolute Gasteiger partial charge is 0.392 e. The van der Waals surface area contributed by atoms with Crippen molar-refractivity contribution in [2.24, 2.45) is 11.8 Å². The van der Waals surface area contributed by atoms with E-state index in [1.807, 2.05) is 45.9 Å². The van der Waals surface area contributed by atoms with Crippen LogP contribution in [-0.2, 0) is 32.7 Å². The molecule has 0 saturated carbocycles. The van der Waals surface area contributed by atoms with E-state index in [0.29, 0.717) is 5.92 Å². The molecule has 2 atom stereocenters. The fourth-order valence-electron chi connectivity index (χ4n) is 1.05. The summed E-state index contributed by atoms with van der Waals surface area (Å²) in [5.74, 6) is 0.536. The van der Waals surface area contributed by atoms with Crippen LogP contribution >= 0.6 is 0 Å². The van der Waals surface area contributed by atoms with Crippen molar-refractivity contribution >= 4 is 0 Å². The fraction of sp³-hybridized carbons (Fsp3) is 0.636. The molecule has 0 aromatic heterocycles. The molecular formula is C11H19OY-. The standard InChI is InChI=1S/C11H19O.Y/c1-5-6-7-8-10(4)11(12)9(2)3;/h6-12H,1-4H3;/q-1;/t10-,11+;/m1./s1. The van der Waals surface area contributed by atoms with Crippen LogP contribution < -0.4 is 0 Å². The molecule has 0 unspecified atom stereocenters. The second kappa shape index (κ2) is 9.11. The van der Waals surface area contributed by atoms with Gasteiger partial charge in [0.05, 0.1) is 6.10 Å². The molecule has 0 aliphatic rings. The van der Waals surface area contributed by atoms with Crippen LogP contribution in [0.25, 0.3) is 0 Å². The van der Waals surface area contributed by atoms with Crippen molar-refractivity contribution in [1.29, 1.82) is 0 Å². The molecule has 0 aromatic carbocycles. The SMILES string of the molecule is C[C-]=CC=C[C@@H](C)[C@@H](O)C(C)C.[Y]. The van der Waals surface area contributed by atoms with Crippen LogP contribution in [0.15, 0.2) is 18.2 Å². The monoisotopic (exact) mass is 256 g/mol. The topological polar surface area (TPSA) is 20.2 Å². The van der Waals surface area contributed by atoms with Gasteiger partial charge in [-0.25, -0.2) is 12.2 Å². The van der Waals surface area contributed by atoms with Gasteiger partial charge in [-0.15, -0.1) is 6.92 Å². The van der Waals surface area contributed by atoms with Gasteiger partial charge in [0, 0.05) is 32.7 Å². The summed E-state index contributed by atoms with van der Waals surface area (Å²) in [6, 6.07) is 0. The molecule has 0 fully saturated rings. The van der Waals surface area contributed by atoms with Gasteiger partial charge in [-0.05, 0) is 11.8 Å². The Morgan fingerprint density at radius 2 is 1.77 bits per heavy atom. The number of allylic oxidation sites excluding steroid dienone is 3. The normalized spacial score (nSPS) is 16.5. The van der Waals surface area contributed by atoms with Crippen LogP contribution in [0.3, 0.4) is 0 Å². The summed E-state index contributed by atoms with van der Waals surface area (Å²) < 4.78 is 0. The van der Waals surface area contributed by atoms with Gasteiger partial charge in [-0.2, -0.15) is 6.08 Å². The first-order chi connectivity index (χ1) is 5.59. The minimum atomic E-state index is -0.244. The first-order valence-corrected chi connectivity index (χ1v) is 4.45. The molecule has 0 saturated heterocycles. The number of aliphatic hydroxyl groups excluding tert-OH is 1. The molecule has 1 radical (unpaired) electrons. The van der Waals surface area contributed by atoms with Gasteiger partial charge in [-0.3, -0.25) is 6.08 Å². The number of hydrogen-bond acceptors (Lipinski definition) is 1. The molecule has 0 spiro atoms. The maximum Gasteiger partial charge on any atom is 0.0608 e. The summed E-state index contributed by atoms with van der Waals surface area (Å²) in [6.07, 6.45) is 8.43. The van der Waals surface area contributed by atoms with E-state index in [4.69, 9.17) is 0 Å². The molecule has 13 heavy (non-hydrogen) atoms. The van der Waals surface area contributed by atoms with Crippen LogP contribution in [0.5, 0.6) is 0 Å². The van der Waals surface area contributed by atoms with Crippen LogP contribution in [0.2, 0.25) is 0 Å².